The molecule has 0 saturated carbocycles. The standard InChI is InChI=1S/C13H10Cl2N6S/c1-7-4-11(18-17-7)12-19-20-13(22)21(12)16-6-8-2-3-9(14)5-10(8)15/h2-6H,1H3,(H,17,18)(H,20,22). The van der Waals surface area contributed by atoms with Crippen LogP contribution in [-0.2, 0) is 0 Å². The molecule has 3 rings (SSSR count). The molecule has 112 valence electrons. The van der Waals surface area contributed by atoms with E-state index in [4.69, 9.17) is 35.4 Å². The van der Waals surface area contributed by atoms with Gasteiger partial charge in [-0.15, -0.1) is 0 Å². The van der Waals surface area contributed by atoms with Crippen molar-refractivity contribution in [3.8, 4) is 11.5 Å². The second kappa shape index (κ2) is 6.04. The SMILES string of the molecule is Cc1cc(-c2n[nH]c(=S)n2N=Cc2ccc(Cl)cc2Cl)n[nH]1. The van der Waals surface area contributed by atoms with E-state index in [0.717, 1.165) is 11.3 Å². The van der Waals surface area contributed by atoms with Crippen LogP contribution in [0.1, 0.15) is 11.3 Å². The average Bonchev–Trinajstić information content (AvgIpc) is 3.04. The summed E-state index contributed by atoms with van der Waals surface area (Å²) in [4.78, 5) is 0. The summed E-state index contributed by atoms with van der Waals surface area (Å²) in [5, 5.41) is 19.2. The molecule has 0 radical (unpaired) electrons. The molecule has 2 heterocycles. The van der Waals surface area contributed by atoms with E-state index < -0.39 is 0 Å². The summed E-state index contributed by atoms with van der Waals surface area (Å²) in [6.45, 7) is 1.90. The Morgan fingerprint density at radius 2 is 2.05 bits per heavy atom. The normalized spacial score (nSPS) is 11.4. The van der Waals surface area contributed by atoms with Gasteiger partial charge in [0.25, 0.3) is 0 Å². The molecule has 0 spiro atoms. The van der Waals surface area contributed by atoms with Crippen molar-refractivity contribution in [3.05, 3.63) is 50.3 Å². The molecule has 0 atom stereocenters. The zero-order chi connectivity index (χ0) is 15.7. The molecule has 22 heavy (non-hydrogen) atoms. The molecule has 0 saturated heterocycles. The van der Waals surface area contributed by atoms with E-state index in [2.05, 4.69) is 25.5 Å². The van der Waals surface area contributed by atoms with Gasteiger partial charge in [-0.1, -0.05) is 29.3 Å². The maximum atomic E-state index is 6.12. The number of aryl methyl sites for hydroxylation is 1. The summed E-state index contributed by atoms with van der Waals surface area (Å²) >= 11 is 17.2. The number of hydrogen-bond acceptors (Lipinski definition) is 4. The van der Waals surface area contributed by atoms with Crippen molar-refractivity contribution in [3.63, 3.8) is 0 Å². The van der Waals surface area contributed by atoms with E-state index in [0.29, 0.717) is 26.3 Å². The number of nitrogens with one attached hydrogen (secondary N) is 2. The third-order valence-electron chi connectivity index (χ3n) is 2.86. The second-order valence-electron chi connectivity index (χ2n) is 4.51. The minimum atomic E-state index is 0.358. The molecule has 0 aliphatic heterocycles. The molecule has 2 aromatic heterocycles. The predicted octanol–water partition coefficient (Wildman–Crippen LogP) is 3.83. The summed E-state index contributed by atoms with van der Waals surface area (Å²) in [6, 6.07) is 7.01. The van der Waals surface area contributed by atoms with Gasteiger partial charge in [-0.25, -0.2) is 5.10 Å². The first-order valence-electron chi connectivity index (χ1n) is 6.24. The lowest BCUT2D eigenvalue weighted by molar-refractivity contribution is 0.865. The monoisotopic (exact) mass is 352 g/mol. The number of aromatic nitrogens is 5. The Kier molecular flexibility index (Phi) is 4.10. The van der Waals surface area contributed by atoms with Crippen molar-refractivity contribution in [2.45, 2.75) is 6.92 Å². The predicted molar refractivity (Wildman–Crippen MR) is 89.2 cm³/mol. The Balaban J connectivity index is 2.00. The highest BCUT2D eigenvalue weighted by atomic mass is 35.5. The molecule has 3 aromatic rings. The topological polar surface area (TPSA) is 74.7 Å². The number of hydrogen-bond donors (Lipinski definition) is 2. The minimum absolute atomic E-state index is 0.358. The fourth-order valence-corrected chi connectivity index (χ4v) is 2.46. The number of H-pyrrole nitrogens is 2. The molecule has 0 unspecified atom stereocenters. The van der Waals surface area contributed by atoms with Gasteiger partial charge >= 0.3 is 0 Å². The molecule has 0 aliphatic carbocycles. The highest BCUT2D eigenvalue weighted by Gasteiger charge is 2.11. The zero-order valence-electron chi connectivity index (χ0n) is 11.3. The lowest BCUT2D eigenvalue weighted by Gasteiger charge is -1.99. The van der Waals surface area contributed by atoms with Crippen LogP contribution in [-0.4, -0.2) is 31.3 Å². The first-order valence-corrected chi connectivity index (χ1v) is 7.40. The average molecular weight is 353 g/mol. The van der Waals surface area contributed by atoms with Crippen molar-refractivity contribution >= 4 is 41.6 Å². The Morgan fingerprint density at radius 1 is 1.23 bits per heavy atom. The molecule has 0 fully saturated rings. The van der Waals surface area contributed by atoms with Crippen LogP contribution in [0.5, 0.6) is 0 Å². The van der Waals surface area contributed by atoms with E-state index >= 15 is 0 Å². The maximum Gasteiger partial charge on any atom is 0.216 e. The first-order chi connectivity index (χ1) is 10.5. The van der Waals surface area contributed by atoms with Crippen molar-refractivity contribution < 1.29 is 0 Å². The van der Waals surface area contributed by atoms with Gasteiger partial charge in [0, 0.05) is 16.3 Å². The number of nitrogens with zero attached hydrogens (tertiary/aromatic N) is 4. The molecule has 0 bridgehead atoms. The van der Waals surface area contributed by atoms with E-state index in [1.807, 2.05) is 13.0 Å². The van der Waals surface area contributed by atoms with Crippen LogP contribution in [0, 0.1) is 11.7 Å². The molecule has 0 amide bonds. The highest BCUT2D eigenvalue weighted by Crippen LogP contribution is 2.20. The van der Waals surface area contributed by atoms with E-state index in [1.54, 1.807) is 24.4 Å². The van der Waals surface area contributed by atoms with Gasteiger partial charge in [0.2, 0.25) is 10.6 Å². The Labute approximate surface area is 140 Å². The maximum absolute atomic E-state index is 6.12. The van der Waals surface area contributed by atoms with Crippen LogP contribution in [0.4, 0.5) is 0 Å². The van der Waals surface area contributed by atoms with Crippen molar-refractivity contribution in [1.82, 2.24) is 25.1 Å². The van der Waals surface area contributed by atoms with Gasteiger partial charge in [0.1, 0.15) is 5.69 Å². The van der Waals surface area contributed by atoms with Crippen molar-refractivity contribution in [2.75, 3.05) is 0 Å². The first kappa shape index (κ1) is 15.0. The van der Waals surface area contributed by atoms with Gasteiger partial charge in [-0.05, 0) is 37.3 Å². The molecular formula is C13H10Cl2N6S. The summed E-state index contributed by atoms with van der Waals surface area (Å²) < 4.78 is 1.84. The lowest BCUT2D eigenvalue weighted by atomic mass is 10.2. The number of benzene rings is 1. The molecular weight excluding hydrogens is 343 g/mol. The summed E-state index contributed by atoms with van der Waals surface area (Å²) in [6.07, 6.45) is 1.59. The van der Waals surface area contributed by atoms with Crippen LogP contribution < -0.4 is 0 Å². The minimum Gasteiger partial charge on any atom is -0.282 e. The number of aromatic amines is 2. The van der Waals surface area contributed by atoms with Gasteiger partial charge in [0.15, 0.2) is 0 Å². The third kappa shape index (κ3) is 2.96. The molecule has 0 aliphatic rings. The quantitative estimate of drug-likeness (QED) is 0.555. The van der Waals surface area contributed by atoms with E-state index in [-0.39, 0.29) is 0 Å². The Morgan fingerprint density at radius 3 is 2.73 bits per heavy atom. The molecule has 1 aromatic carbocycles. The van der Waals surface area contributed by atoms with Crippen LogP contribution in [0.15, 0.2) is 29.4 Å². The van der Waals surface area contributed by atoms with Crippen LogP contribution in [0.2, 0.25) is 10.0 Å². The third-order valence-corrected chi connectivity index (χ3v) is 3.69. The van der Waals surface area contributed by atoms with Gasteiger partial charge in [0.05, 0.1) is 11.2 Å². The number of rotatable bonds is 3. The van der Waals surface area contributed by atoms with E-state index in [9.17, 15) is 0 Å². The number of halogens is 2. The van der Waals surface area contributed by atoms with Gasteiger partial charge in [-0.2, -0.15) is 20.0 Å². The van der Waals surface area contributed by atoms with Gasteiger partial charge < -0.3 is 0 Å². The Bertz CT molecular complexity index is 907. The molecule has 6 nitrogen and oxygen atoms in total. The fraction of sp³-hybridized carbons (Fsp3) is 0.0769. The zero-order valence-corrected chi connectivity index (χ0v) is 13.7. The van der Waals surface area contributed by atoms with E-state index in [1.165, 1.54) is 4.68 Å². The summed E-state index contributed by atoms with van der Waals surface area (Å²) in [5.74, 6) is 0.510. The fourth-order valence-electron chi connectivity index (χ4n) is 1.82. The van der Waals surface area contributed by atoms with Gasteiger partial charge in [-0.3, -0.25) is 5.10 Å². The molecule has 2 N–H and O–H groups in total. The summed E-state index contributed by atoms with van der Waals surface area (Å²) in [5.41, 5.74) is 2.28. The van der Waals surface area contributed by atoms with Crippen molar-refractivity contribution in [2.24, 2.45) is 5.10 Å². The Hall–Kier alpha value is -1.96. The van der Waals surface area contributed by atoms with Crippen LogP contribution in [0.3, 0.4) is 0 Å². The molecule has 9 heteroatoms. The van der Waals surface area contributed by atoms with Crippen molar-refractivity contribution in [1.29, 1.82) is 0 Å². The summed E-state index contributed by atoms with van der Waals surface area (Å²) in [7, 11) is 0. The van der Waals surface area contributed by atoms with Crippen LogP contribution >= 0.6 is 35.4 Å². The van der Waals surface area contributed by atoms with Crippen LogP contribution in [0.25, 0.3) is 11.5 Å². The lowest BCUT2D eigenvalue weighted by Crippen LogP contribution is -1.95. The largest absolute Gasteiger partial charge is 0.282 e. The highest BCUT2D eigenvalue weighted by molar-refractivity contribution is 7.71. The second-order valence-corrected chi connectivity index (χ2v) is 5.74. The smallest absolute Gasteiger partial charge is 0.216 e.